The van der Waals surface area contributed by atoms with Crippen LogP contribution in [0.25, 0.3) is 5.69 Å². The Balaban J connectivity index is 2.22. The summed E-state index contributed by atoms with van der Waals surface area (Å²) in [5, 5.41) is 15.5. The Morgan fingerprint density at radius 3 is 2.76 bits per heavy atom. The van der Waals surface area contributed by atoms with Crippen LogP contribution in [0.2, 0.25) is 0 Å². The lowest BCUT2D eigenvalue weighted by Gasteiger charge is -2.09. The summed E-state index contributed by atoms with van der Waals surface area (Å²) in [5.74, 6) is -2.23. The molecule has 2 heterocycles. The van der Waals surface area contributed by atoms with E-state index >= 15 is 0 Å². The van der Waals surface area contributed by atoms with Crippen molar-refractivity contribution in [3.63, 3.8) is 0 Å². The number of nitrogens with one attached hydrogen (secondary N) is 1. The smallest absolute Gasteiger partial charge is 0.337 e. The van der Waals surface area contributed by atoms with E-state index in [0.717, 1.165) is 0 Å². The molecule has 0 atom stereocenters. The van der Waals surface area contributed by atoms with Gasteiger partial charge in [0, 0.05) is 0 Å². The quantitative estimate of drug-likeness (QED) is 0.665. The summed E-state index contributed by atoms with van der Waals surface area (Å²) in [6.07, 6.45) is -0.0759. The number of rotatable bonds is 2. The van der Waals surface area contributed by atoms with E-state index < -0.39 is 17.8 Å². The zero-order chi connectivity index (χ0) is 15.1. The lowest BCUT2D eigenvalue weighted by Crippen LogP contribution is -2.37. The van der Waals surface area contributed by atoms with Crippen molar-refractivity contribution in [3.8, 4) is 5.69 Å². The first-order chi connectivity index (χ1) is 9.99. The van der Waals surface area contributed by atoms with Gasteiger partial charge in [0.1, 0.15) is 11.4 Å². The Hall–Kier alpha value is -3.16. The molecule has 3 rings (SSSR count). The second kappa shape index (κ2) is 4.44. The zero-order valence-electron chi connectivity index (χ0n) is 10.7. The molecular weight excluding hydrogens is 276 g/mol. The van der Waals surface area contributed by atoms with Gasteiger partial charge >= 0.3 is 5.97 Å². The third-order valence-electron chi connectivity index (χ3n) is 3.16. The van der Waals surface area contributed by atoms with E-state index in [1.165, 1.54) is 16.8 Å². The van der Waals surface area contributed by atoms with Gasteiger partial charge in [0.2, 0.25) is 5.91 Å². The number of nitrogen functional groups attached to an aromatic ring is 1. The zero-order valence-corrected chi connectivity index (χ0v) is 10.7. The molecular formula is C13H10N4O4. The van der Waals surface area contributed by atoms with Crippen molar-refractivity contribution < 1.29 is 19.5 Å². The minimum Gasteiger partial charge on any atom is -0.478 e. The second-order valence-electron chi connectivity index (χ2n) is 4.50. The molecule has 1 aromatic carbocycles. The fourth-order valence-corrected chi connectivity index (χ4v) is 2.26. The van der Waals surface area contributed by atoms with Crippen LogP contribution in [-0.2, 0) is 11.2 Å². The molecule has 106 valence electrons. The van der Waals surface area contributed by atoms with Crippen LogP contribution in [-0.4, -0.2) is 32.7 Å². The van der Waals surface area contributed by atoms with E-state index in [4.69, 9.17) is 5.73 Å². The van der Waals surface area contributed by atoms with E-state index in [1.54, 1.807) is 12.1 Å². The minimum absolute atomic E-state index is 0.00343. The summed E-state index contributed by atoms with van der Waals surface area (Å²) < 4.78 is 1.17. The number of carbonyl (C=O) groups is 3. The number of aromatic nitrogens is 2. The number of nitrogens with two attached hydrogens (primary N) is 1. The summed E-state index contributed by atoms with van der Waals surface area (Å²) in [4.78, 5) is 34.4. The van der Waals surface area contributed by atoms with Gasteiger partial charge in [0.15, 0.2) is 0 Å². The highest BCUT2D eigenvalue weighted by molar-refractivity contribution is 6.12. The summed E-state index contributed by atoms with van der Waals surface area (Å²) in [6, 6.07) is 6.14. The maximum absolute atomic E-state index is 11.8. The SMILES string of the molecule is Nc1c2c(nn1-c1ccccc1C(=O)O)CC(=O)NC2=O. The lowest BCUT2D eigenvalue weighted by molar-refractivity contribution is -0.119. The third-order valence-corrected chi connectivity index (χ3v) is 3.16. The topological polar surface area (TPSA) is 127 Å². The average Bonchev–Trinajstić information content (AvgIpc) is 2.75. The standard InChI is InChI=1S/C13H10N4O4/c14-11-10-7(5-9(18)15-12(10)19)16-17(11)8-4-2-1-3-6(8)13(20)21/h1-4H,5,14H2,(H,20,21)(H,15,18,19). The Kier molecular flexibility index (Phi) is 2.72. The van der Waals surface area contributed by atoms with Crippen molar-refractivity contribution in [3.05, 3.63) is 41.1 Å². The van der Waals surface area contributed by atoms with Crippen molar-refractivity contribution in [2.45, 2.75) is 6.42 Å². The van der Waals surface area contributed by atoms with E-state index in [-0.39, 0.29) is 34.7 Å². The molecule has 1 aliphatic heterocycles. The molecule has 0 saturated carbocycles. The highest BCUT2D eigenvalue weighted by Crippen LogP contribution is 2.25. The number of carbonyl (C=O) groups excluding carboxylic acids is 2. The predicted octanol–water partition coefficient (Wildman–Crippen LogP) is -0.0348. The normalized spacial score (nSPS) is 13.7. The van der Waals surface area contributed by atoms with E-state index in [0.29, 0.717) is 0 Å². The Bertz CT molecular complexity index is 793. The fourth-order valence-electron chi connectivity index (χ4n) is 2.26. The number of aromatic carboxylic acids is 1. The van der Waals surface area contributed by atoms with Gasteiger partial charge in [-0.3, -0.25) is 14.9 Å². The van der Waals surface area contributed by atoms with E-state index in [9.17, 15) is 19.5 Å². The Labute approximate surface area is 118 Å². The molecule has 1 aliphatic rings. The number of amides is 2. The first-order valence-corrected chi connectivity index (χ1v) is 6.03. The van der Waals surface area contributed by atoms with Gasteiger partial charge in [-0.05, 0) is 12.1 Å². The Morgan fingerprint density at radius 2 is 2.05 bits per heavy atom. The first kappa shape index (κ1) is 12.9. The summed E-state index contributed by atoms with van der Waals surface area (Å²) in [5.41, 5.74) is 6.47. The van der Waals surface area contributed by atoms with Gasteiger partial charge in [-0.1, -0.05) is 12.1 Å². The summed E-state index contributed by atoms with van der Waals surface area (Å²) in [7, 11) is 0. The van der Waals surface area contributed by atoms with Crippen LogP contribution < -0.4 is 11.1 Å². The summed E-state index contributed by atoms with van der Waals surface area (Å²) >= 11 is 0. The molecule has 0 saturated heterocycles. The molecule has 0 spiro atoms. The molecule has 21 heavy (non-hydrogen) atoms. The fraction of sp³-hybridized carbons (Fsp3) is 0.0769. The molecule has 0 radical (unpaired) electrons. The van der Waals surface area contributed by atoms with Gasteiger partial charge in [0.05, 0.1) is 23.4 Å². The largest absolute Gasteiger partial charge is 0.478 e. The van der Waals surface area contributed by atoms with E-state index in [1.807, 2.05) is 0 Å². The van der Waals surface area contributed by atoms with Crippen LogP contribution in [0.5, 0.6) is 0 Å². The highest BCUT2D eigenvalue weighted by atomic mass is 16.4. The van der Waals surface area contributed by atoms with Gasteiger partial charge in [-0.25, -0.2) is 9.48 Å². The number of imide groups is 1. The number of benzene rings is 1. The number of anilines is 1. The Morgan fingerprint density at radius 1 is 1.33 bits per heavy atom. The van der Waals surface area contributed by atoms with Crippen molar-refractivity contribution in [2.75, 3.05) is 5.73 Å². The number of para-hydroxylation sites is 1. The molecule has 0 bridgehead atoms. The van der Waals surface area contributed by atoms with Crippen molar-refractivity contribution in [1.29, 1.82) is 0 Å². The molecule has 2 amide bonds. The van der Waals surface area contributed by atoms with Crippen molar-refractivity contribution in [1.82, 2.24) is 15.1 Å². The maximum Gasteiger partial charge on any atom is 0.337 e. The molecule has 4 N–H and O–H groups in total. The molecule has 1 aromatic heterocycles. The monoisotopic (exact) mass is 286 g/mol. The molecule has 0 fully saturated rings. The predicted molar refractivity (Wildman–Crippen MR) is 71.1 cm³/mol. The van der Waals surface area contributed by atoms with Crippen LogP contribution >= 0.6 is 0 Å². The van der Waals surface area contributed by atoms with Gasteiger partial charge < -0.3 is 10.8 Å². The second-order valence-corrected chi connectivity index (χ2v) is 4.50. The number of hydrogen-bond donors (Lipinski definition) is 3. The summed E-state index contributed by atoms with van der Waals surface area (Å²) in [6.45, 7) is 0. The number of carboxylic acids is 1. The van der Waals surface area contributed by atoms with Crippen LogP contribution in [0, 0.1) is 0 Å². The highest BCUT2D eigenvalue weighted by Gasteiger charge is 2.30. The minimum atomic E-state index is -1.14. The molecule has 2 aromatic rings. The van der Waals surface area contributed by atoms with Crippen molar-refractivity contribution in [2.24, 2.45) is 0 Å². The molecule has 0 aliphatic carbocycles. The van der Waals surface area contributed by atoms with Crippen LogP contribution in [0.3, 0.4) is 0 Å². The van der Waals surface area contributed by atoms with Crippen molar-refractivity contribution >= 4 is 23.6 Å². The van der Waals surface area contributed by atoms with Gasteiger partial charge in [-0.2, -0.15) is 5.10 Å². The third kappa shape index (κ3) is 1.93. The number of carboxylic acid groups (broad SMARTS) is 1. The van der Waals surface area contributed by atoms with Gasteiger partial charge in [-0.15, -0.1) is 0 Å². The van der Waals surface area contributed by atoms with E-state index in [2.05, 4.69) is 10.4 Å². The van der Waals surface area contributed by atoms with Crippen LogP contribution in [0.1, 0.15) is 26.4 Å². The van der Waals surface area contributed by atoms with Gasteiger partial charge in [0.25, 0.3) is 5.91 Å². The maximum atomic E-state index is 11.8. The number of hydrogen-bond acceptors (Lipinski definition) is 5. The molecule has 8 heteroatoms. The molecule has 8 nitrogen and oxygen atoms in total. The first-order valence-electron chi connectivity index (χ1n) is 6.03. The number of nitrogens with zero attached hydrogens (tertiary/aromatic N) is 2. The molecule has 0 unspecified atom stereocenters. The average molecular weight is 286 g/mol. The van der Waals surface area contributed by atoms with Crippen LogP contribution in [0.15, 0.2) is 24.3 Å². The lowest BCUT2D eigenvalue weighted by atomic mass is 10.1. The van der Waals surface area contributed by atoms with Crippen LogP contribution in [0.4, 0.5) is 5.82 Å². The number of fused-ring (bicyclic) bond motifs is 1.